The summed E-state index contributed by atoms with van der Waals surface area (Å²) in [7, 11) is 0. The fraction of sp³-hybridized carbons (Fsp3) is 0.538. The van der Waals surface area contributed by atoms with Crippen molar-refractivity contribution in [2.75, 3.05) is 6.54 Å². The molecule has 2 nitrogen and oxygen atoms in total. The zero-order valence-corrected chi connectivity index (χ0v) is 9.78. The fourth-order valence-electron chi connectivity index (χ4n) is 2.41. The number of hydrogen-bond donors (Lipinski definition) is 1. The number of likely N-dealkylation sites (tertiary alicyclic amines) is 1. The smallest absolute Gasteiger partial charge is 0.123 e. The van der Waals surface area contributed by atoms with Gasteiger partial charge in [0.1, 0.15) is 5.82 Å². The third-order valence-electron chi connectivity index (χ3n) is 3.28. The zero-order valence-electron chi connectivity index (χ0n) is 9.78. The summed E-state index contributed by atoms with van der Waals surface area (Å²) in [5.74, 6) is -0.199. The van der Waals surface area contributed by atoms with Crippen molar-refractivity contribution in [1.82, 2.24) is 4.90 Å². The maximum Gasteiger partial charge on any atom is 0.123 e. The van der Waals surface area contributed by atoms with Gasteiger partial charge in [-0.15, -0.1) is 0 Å². The van der Waals surface area contributed by atoms with Gasteiger partial charge in [-0.3, -0.25) is 4.90 Å². The Kier molecular flexibility index (Phi) is 3.00. The Morgan fingerprint density at radius 1 is 1.50 bits per heavy atom. The number of hydrogen-bond acceptors (Lipinski definition) is 2. The van der Waals surface area contributed by atoms with Gasteiger partial charge in [-0.25, -0.2) is 4.39 Å². The second-order valence-electron chi connectivity index (χ2n) is 5.18. The van der Waals surface area contributed by atoms with E-state index < -0.39 is 0 Å². The van der Waals surface area contributed by atoms with E-state index in [-0.39, 0.29) is 17.5 Å². The Hall–Kier alpha value is -0.930. The number of aliphatic hydroxyl groups is 1. The molecule has 0 aromatic heterocycles. The topological polar surface area (TPSA) is 23.5 Å². The van der Waals surface area contributed by atoms with Crippen LogP contribution in [0, 0.1) is 5.82 Å². The van der Waals surface area contributed by atoms with Gasteiger partial charge in [-0.1, -0.05) is 12.1 Å². The molecule has 1 fully saturated rings. The lowest BCUT2D eigenvalue weighted by molar-refractivity contribution is 0.156. The van der Waals surface area contributed by atoms with Crippen molar-refractivity contribution in [1.29, 1.82) is 0 Å². The van der Waals surface area contributed by atoms with Crippen molar-refractivity contribution >= 4 is 0 Å². The van der Waals surface area contributed by atoms with Crippen LogP contribution in [0.5, 0.6) is 0 Å². The lowest BCUT2D eigenvalue weighted by atomic mass is 10.0. The number of nitrogens with zero attached hydrogens (tertiary/aromatic N) is 1. The summed E-state index contributed by atoms with van der Waals surface area (Å²) >= 11 is 0. The highest BCUT2D eigenvalue weighted by molar-refractivity contribution is 5.17. The third-order valence-corrected chi connectivity index (χ3v) is 3.28. The lowest BCUT2D eigenvalue weighted by Gasteiger charge is -2.31. The van der Waals surface area contributed by atoms with Crippen LogP contribution in [0.4, 0.5) is 4.39 Å². The molecule has 1 aliphatic heterocycles. The molecule has 1 atom stereocenters. The summed E-state index contributed by atoms with van der Waals surface area (Å²) in [6.07, 6.45) is 0.519. The summed E-state index contributed by atoms with van der Waals surface area (Å²) in [6.45, 7) is 5.59. The molecule has 1 saturated heterocycles. The maximum absolute atomic E-state index is 13.0. The van der Waals surface area contributed by atoms with Crippen LogP contribution in [0.25, 0.3) is 0 Å². The van der Waals surface area contributed by atoms with Crippen LogP contribution in [-0.4, -0.2) is 28.2 Å². The molecule has 0 bridgehead atoms. The summed E-state index contributed by atoms with van der Waals surface area (Å²) in [6, 6.07) is 6.66. The van der Waals surface area contributed by atoms with Gasteiger partial charge in [0.15, 0.2) is 0 Å². The van der Waals surface area contributed by atoms with Crippen molar-refractivity contribution in [3.8, 4) is 0 Å². The molecule has 1 aromatic carbocycles. The highest BCUT2D eigenvalue weighted by Gasteiger charge is 2.37. The van der Waals surface area contributed by atoms with Gasteiger partial charge in [0.05, 0.1) is 6.10 Å². The molecule has 1 N–H and O–H groups in total. The normalized spacial score (nSPS) is 24.9. The van der Waals surface area contributed by atoms with Gasteiger partial charge in [0.2, 0.25) is 0 Å². The molecular weight excluding hydrogens is 205 g/mol. The summed E-state index contributed by atoms with van der Waals surface area (Å²) in [4.78, 5) is 2.20. The molecule has 3 heteroatoms. The maximum atomic E-state index is 13.0. The van der Waals surface area contributed by atoms with Gasteiger partial charge in [0.25, 0.3) is 0 Å². The Bertz CT molecular complexity index is 378. The Labute approximate surface area is 95.7 Å². The van der Waals surface area contributed by atoms with E-state index in [0.717, 1.165) is 12.0 Å². The zero-order chi connectivity index (χ0) is 11.8. The molecule has 2 rings (SSSR count). The second kappa shape index (κ2) is 4.15. The molecule has 16 heavy (non-hydrogen) atoms. The van der Waals surface area contributed by atoms with Gasteiger partial charge in [-0.2, -0.15) is 0 Å². The van der Waals surface area contributed by atoms with E-state index in [9.17, 15) is 9.50 Å². The minimum absolute atomic E-state index is 0.00820. The van der Waals surface area contributed by atoms with E-state index in [1.807, 2.05) is 6.07 Å². The van der Waals surface area contributed by atoms with E-state index in [4.69, 9.17) is 0 Å². The van der Waals surface area contributed by atoms with Crippen LogP contribution >= 0.6 is 0 Å². The molecule has 0 saturated carbocycles. The van der Waals surface area contributed by atoms with Crippen molar-refractivity contribution in [2.24, 2.45) is 0 Å². The van der Waals surface area contributed by atoms with Gasteiger partial charge in [0, 0.05) is 18.6 Å². The largest absolute Gasteiger partial charge is 0.392 e. The molecule has 88 valence electrons. The average molecular weight is 223 g/mol. The molecule has 1 heterocycles. The first-order chi connectivity index (χ1) is 7.47. The number of halogens is 1. The van der Waals surface area contributed by atoms with Crippen molar-refractivity contribution in [2.45, 2.75) is 38.5 Å². The quantitative estimate of drug-likeness (QED) is 0.830. The fourth-order valence-corrected chi connectivity index (χ4v) is 2.41. The van der Waals surface area contributed by atoms with E-state index >= 15 is 0 Å². The van der Waals surface area contributed by atoms with Crippen LogP contribution in [-0.2, 0) is 6.54 Å². The molecule has 1 unspecified atom stereocenters. The number of rotatable bonds is 2. The van der Waals surface area contributed by atoms with Gasteiger partial charge < -0.3 is 5.11 Å². The monoisotopic (exact) mass is 223 g/mol. The third kappa shape index (κ3) is 2.42. The van der Waals surface area contributed by atoms with Crippen LogP contribution < -0.4 is 0 Å². The number of aliphatic hydroxyl groups excluding tert-OH is 1. The molecule has 1 aliphatic rings. The van der Waals surface area contributed by atoms with Crippen molar-refractivity contribution in [3.63, 3.8) is 0 Å². The van der Waals surface area contributed by atoms with Crippen molar-refractivity contribution in [3.05, 3.63) is 35.6 Å². The Morgan fingerprint density at radius 2 is 2.25 bits per heavy atom. The first-order valence-corrected chi connectivity index (χ1v) is 5.65. The predicted molar refractivity (Wildman–Crippen MR) is 61.5 cm³/mol. The van der Waals surface area contributed by atoms with Crippen LogP contribution in [0.15, 0.2) is 24.3 Å². The highest BCUT2D eigenvalue weighted by atomic mass is 19.1. The molecule has 0 aliphatic carbocycles. The highest BCUT2D eigenvalue weighted by Crippen LogP contribution is 2.30. The molecule has 0 amide bonds. The van der Waals surface area contributed by atoms with Crippen LogP contribution in [0.1, 0.15) is 25.8 Å². The molecular formula is C13H18FNO. The van der Waals surface area contributed by atoms with Crippen LogP contribution in [0.2, 0.25) is 0 Å². The summed E-state index contributed by atoms with van der Waals surface area (Å²) in [5, 5.41) is 9.65. The SMILES string of the molecule is CC1(C)CC(O)CN1Cc1cccc(F)c1. The first kappa shape index (κ1) is 11.6. The Balaban J connectivity index is 2.10. The van der Waals surface area contributed by atoms with Gasteiger partial charge in [-0.05, 0) is 38.0 Å². The minimum atomic E-state index is -0.261. The molecule has 0 spiro atoms. The van der Waals surface area contributed by atoms with E-state index in [0.29, 0.717) is 13.1 Å². The molecule has 0 radical (unpaired) electrons. The predicted octanol–water partition coefficient (Wildman–Crippen LogP) is 2.17. The number of β-amino-alcohol motifs (C(OH)–C–C–N with tert-alkyl or cyclic N) is 1. The van der Waals surface area contributed by atoms with Crippen molar-refractivity contribution < 1.29 is 9.50 Å². The molecule has 1 aromatic rings. The van der Waals surface area contributed by atoms with Gasteiger partial charge >= 0.3 is 0 Å². The average Bonchev–Trinajstić information content (AvgIpc) is 2.39. The first-order valence-electron chi connectivity index (χ1n) is 5.65. The summed E-state index contributed by atoms with van der Waals surface area (Å²) < 4.78 is 13.0. The summed E-state index contributed by atoms with van der Waals surface area (Å²) in [5.41, 5.74) is 0.952. The van der Waals surface area contributed by atoms with Crippen LogP contribution in [0.3, 0.4) is 0 Å². The van der Waals surface area contributed by atoms with E-state index in [1.54, 1.807) is 12.1 Å². The Morgan fingerprint density at radius 3 is 2.81 bits per heavy atom. The van der Waals surface area contributed by atoms with E-state index in [1.165, 1.54) is 6.07 Å². The minimum Gasteiger partial charge on any atom is -0.392 e. The lowest BCUT2D eigenvalue weighted by Crippen LogP contribution is -2.37. The standard InChI is InChI=1S/C13H18FNO/c1-13(2)7-12(16)9-15(13)8-10-4-3-5-11(14)6-10/h3-6,12,16H,7-9H2,1-2H3. The second-order valence-corrected chi connectivity index (χ2v) is 5.18. The number of benzene rings is 1. The van der Waals surface area contributed by atoms with E-state index in [2.05, 4.69) is 18.7 Å².